The monoisotopic (exact) mass is 248 g/mol. The van der Waals surface area contributed by atoms with E-state index >= 15 is 0 Å². The smallest absolute Gasteiger partial charge is 0.140 e. The summed E-state index contributed by atoms with van der Waals surface area (Å²) in [5.41, 5.74) is 6.24. The third kappa shape index (κ3) is 2.79. The number of furan rings is 1. The van der Waals surface area contributed by atoms with E-state index in [1.54, 1.807) is 19.4 Å². The molecule has 0 saturated heterocycles. The van der Waals surface area contributed by atoms with Crippen molar-refractivity contribution in [1.82, 2.24) is 9.97 Å². The molecule has 2 aromatic heterocycles. The quantitative estimate of drug-likeness (QED) is 0.801. The largest absolute Gasteiger partial charge is 0.467 e. The van der Waals surface area contributed by atoms with Crippen LogP contribution in [0.4, 0.5) is 5.82 Å². The van der Waals surface area contributed by atoms with Crippen LogP contribution in [0, 0.1) is 6.92 Å². The van der Waals surface area contributed by atoms with Crippen LogP contribution in [0.3, 0.4) is 0 Å². The van der Waals surface area contributed by atoms with Crippen molar-refractivity contribution >= 4 is 23.0 Å². The van der Waals surface area contributed by atoms with E-state index in [0.29, 0.717) is 23.8 Å². The summed E-state index contributed by atoms with van der Waals surface area (Å²) in [6.07, 6.45) is 3.24. The van der Waals surface area contributed by atoms with E-state index in [-0.39, 0.29) is 4.99 Å². The van der Waals surface area contributed by atoms with Crippen molar-refractivity contribution in [1.29, 1.82) is 0 Å². The third-order valence-corrected chi connectivity index (χ3v) is 2.40. The number of nitrogens with zero attached hydrogens (tertiary/aromatic N) is 2. The zero-order chi connectivity index (χ0) is 12.3. The lowest BCUT2D eigenvalue weighted by Crippen LogP contribution is -2.15. The number of nitrogens with two attached hydrogens (primary N) is 1. The molecule has 3 N–H and O–H groups in total. The van der Waals surface area contributed by atoms with Gasteiger partial charge in [0.25, 0.3) is 0 Å². The van der Waals surface area contributed by atoms with E-state index in [0.717, 1.165) is 5.76 Å². The molecule has 0 atom stereocenters. The van der Waals surface area contributed by atoms with Crippen molar-refractivity contribution in [2.45, 2.75) is 13.5 Å². The highest BCUT2D eigenvalue weighted by molar-refractivity contribution is 7.80. The first-order valence-electron chi connectivity index (χ1n) is 5.06. The minimum Gasteiger partial charge on any atom is -0.467 e. The van der Waals surface area contributed by atoms with E-state index in [1.165, 1.54) is 0 Å². The highest BCUT2D eigenvalue weighted by Gasteiger charge is 2.08. The highest BCUT2D eigenvalue weighted by Crippen LogP contribution is 2.13. The molecule has 0 radical (unpaired) electrons. The number of thiocarbonyl (C=S) groups is 1. The maximum absolute atomic E-state index is 5.60. The Morgan fingerprint density at radius 3 is 3.06 bits per heavy atom. The van der Waals surface area contributed by atoms with Crippen LogP contribution in [0.5, 0.6) is 0 Å². The van der Waals surface area contributed by atoms with Crippen LogP contribution in [0.25, 0.3) is 0 Å². The predicted octanol–water partition coefficient (Wildman–Crippen LogP) is 1.62. The fourth-order valence-electron chi connectivity index (χ4n) is 1.37. The number of rotatable bonds is 4. The van der Waals surface area contributed by atoms with E-state index < -0.39 is 0 Å². The number of anilines is 1. The lowest BCUT2D eigenvalue weighted by atomic mass is 10.3. The van der Waals surface area contributed by atoms with Gasteiger partial charge in [-0.2, -0.15) is 0 Å². The summed E-state index contributed by atoms with van der Waals surface area (Å²) in [5.74, 6) is 2.10. The lowest BCUT2D eigenvalue weighted by molar-refractivity contribution is 0.517. The van der Waals surface area contributed by atoms with Gasteiger partial charge in [-0.3, -0.25) is 0 Å². The van der Waals surface area contributed by atoms with E-state index in [1.807, 2.05) is 12.1 Å². The zero-order valence-electron chi connectivity index (χ0n) is 9.30. The van der Waals surface area contributed by atoms with Crippen LogP contribution in [-0.4, -0.2) is 15.0 Å². The van der Waals surface area contributed by atoms with Gasteiger partial charge in [0.05, 0.1) is 18.4 Å². The van der Waals surface area contributed by atoms with E-state index in [2.05, 4.69) is 15.3 Å². The first-order chi connectivity index (χ1) is 8.16. The molecule has 2 aromatic rings. The number of hydrogen-bond acceptors (Lipinski definition) is 5. The average Bonchev–Trinajstić information content (AvgIpc) is 2.78. The molecule has 0 unspecified atom stereocenters. The molecule has 0 aromatic carbocycles. The van der Waals surface area contributed by atoms with Gasteiger partial charge in [0, 0.05) is 6.20 Å². The first-order valence-corrected chi connectivity index (χ1v) is 5.47. The maximum atomic E-state index is 5.60. The summed E-state index contributed by atoms with van der Waals surface area (Å²) < 4.78 is 5.22. The zero-order valence-corrected chi connectivity index (χ0v) is 10.1. The van der Waals surface area contributed by atoms with Gasteiger partial charge in [0.15, 0.2) is 0 Å². The van der Waals surface area contributed by atoms with Gasteiger partial charge in [0.2, 0.25) is 0 Å². The van der Waals surface area contributed by atoms with Gasteiger partial charge in [-0.1, -0.05) is 12.2 Å². The molecule has 0 spiro atoms. The molecule has 0 fully saturated rings. The van der Waals surface area contributed by atoms with Crippen LogP contribution in [0.15, 0.2) is 29.0 Å². The number of hydrogen-bond donors (Lipinski definition) is 2. The second-order valence-corrected chi connectivity index (χ2v) is 3.92. The molecule has 2 rings (SSSR count). The normalized spacial score (nSPS) is 10.2. The van der Waals surface area contributed by atoms with Crippen LogP contribution < -0.4 is 11.1 Å². The van der Waals surface area contributed by atoms with Gasteiger partial charge < -0.3 is 15.5 Å². The van der Waals surface area contributed by atoms with Gasteiger partial charge >= 0.3 is 0 Å². The van der Waals surface area contributed by atoms with Gasteiger partial charge in [-0.05, 0) is 19.1 Å². The van der Waals surface area contributed by atoms with Crippen LogP contribution in [0.2, 0.25) is 0 Å². The molecule has 88 valence electrons. The minimum atomic E-state index is 0.270. The second-order valence-electron chi connectivity index (χ2n) is 3.48. The molecule has 17 heavy (non-hydrogen) atoms. The summed E-state index contributed by atoms with van der Waals surface area (Å²) in [6, 6.07) is 3.71. The van der Waals surface area contributed by atoms with Crippen LogP contribution in [-0.2, 0) is 6.54 Å². The standard InChI is InChI=1S/C11H12N4OS/c1-7-13-6-9(10(12)17)11(15-7)14-5-8-3-2-4-16-8/h2-4,6H,5H2,1H3,(H2,12,17)(H,13,14,15). The topological polar surface area (TPSA) is 77.0 Å². The number of nitrogens with one attached hydrogen (secondary N) is 1. The Balaban J connectivity index is 2.19. The summed E-state index contributed by atoms with van der Waals surface area (Å²) >= 11 is 4.94. The average molecular weight is 248 g/mol. The summed E-state index contributed by atoms with van der Waals surface area (Å²) in [5, 5.41) is 3.13. The molecule has 5 nitrogen and oxygen atoms in total. The Morgan fingerprint density at radius 1 is 1.59 bits per heavy atom. The maximum Gasteiger partial charge on any atom is 0.140 e. The molecule has 0 aliphatic heterocycles. The molecule has 0 aliphatic rings. The van der Waals surface area contributed by atoms with Crippen molar-refractivity contribution in [3.63, 3.8) is 0 Å². The second kappa shape index (κ2) is 4.92. The first kappa shape index (κ1) is 11.5. The molecular formula is C11H12N4OS. The Hall–Kier alpha value is -1.95. The van der Waals surface area contributed by atoms with Crippen LogP contribution in [0.1, 0.15) is 17.1 Å². The van der Waals surface area contributed by atoms with E-state index in [9.17, 15) is 0 Å². The highest BCUT2D eigenvalue weighted by atomic mass is 32.1. The fraction of sp³-hybridized carbons (Fsp3) is 0.182. The van der Waals surface area contributed by atoms with E-state index in [4.69, 9.17) is 22.4 Å². The summed E-state index contributed by atoms with van der Waals surface area (Å²) in [7, 11) is 0. The predicted molar refractivity (Wildman–Crippen MR) is 68.7 cm³/mol. The van der Waals surface area contributed by atoms with Crippen LogP contribution >= 0.6 is 12.2 Å². The Kier molecular flexibility index (Phi) is 3.34. The lowest BCUT2D eigenvalue weighted by Gasteiger charge is -2.09. The molecule has 0 saturated carbocycles. The van der Waals surface area contributed by atoms with Crippen molar-refractivity contribution in [2.75, 3.05) is 5.32 Å². The molecule has 0 bridgehead atoms. The fourth-order valence-corrected chi connectivity index (χ4v) is 1.52. The summed E-state index contributed by atoms with van der Waals surface area (Å²) in [4.78, 5) is 8.60. The Bertz CT molecular complexity index is 524. The van der Waals surface area contributed by atoms with Gasteiger partial charge in [-0.15, -0.1) is 0 Å². The molecule has 0 amide bonds. The number of aryl methyl sites for hydroxylation is 1. The SMILES string of the molecule is Cc1ncc(C(N)=S)c(NCc2ccco2)n1. The van der Waals surface area contributed by atoms with Crippen molar-refractivity contribution in [2.24, 2.45) is 5.73 Å². The summed E-state index contributed by atoms with van der Waals surface area (Å²) in [6.45, 7) is 2.33. The third-order valence-electron chi connectivity index (χ3n) is 2.18. The molecule has 0 aliphatic carbocycles. The minimum absolute atomic E-state index is 0.270. The molecular weight excluding hydrogens is 236 g/mol. The van der Waals surface area contributed by atoms with Gasteiger partial charge in [-0.25, -0.2) is 9.97 Å². The van der Waals surface area contributed by atoms with Crippen molar-refractivity contribution in [3.05, 3.63) is 41.7 Å². The molecule has 2 heterocycles. The van der Waals surface area contributed by atoms with Crippen molar-refractivity contribution < 1.29 is 4.42 Å². The Morgan fingerprint density at radius 2 is 2.41 bits per heavy atom. The van der Waals surface area contributed by atoms with Gasteiger partial charge in [0.1, 0.15) is 22.4 Å². The molecule has 6 heteroatoms. The number of aromatic nitrogens is 2. The Labute approximate surface area is 104 Å². The van der Waals surface area contributed by atoms with Crippen molar-refractivity contribution in [3.8, 4) is 0 Å².